The molecule has 0 aromatic carbocycles. The largest absolute Gasteiger partial charge is 0.235 e. The molecule has 1 atom stereocenters. The highest BCUT2D eigenvalue weighted by atomic mass is 35.5. The summed E-state index contributed by atoms with van der Waals surface area (Å²) in [4.78, 5) is 7.87. The van der Waals surface area contributed by atoms with Gasteiger partial charge in [0.25, 0.3) is 0 Å². The van der Waals surface area contributed by atoms with Gasteiger partial charge in [-0.05, 0) is 18.4 Å². The van der Waals surface area contributed by atoms with Gasteiger partial charge in [0.05, 0.1) is 15.5 Å². The molecule has 2 aromatic heterocycles. The highest BCUT2D eigenvalue weighted by Crippen LogP contribution is 2.27. The second kappa shape index (κ2) is 4.27. The van der Waals surface area contributed by atoms with Crippen LogP contribution in [-0.4, -0.2) is 29.5 Å². The Bertz CT molecular complexity index is 609. The number of alkyl halides is 1. The minimum atomic E-state index is -3.46. The number of thiophene rings is 1. The van der Waals surface area contributed by atoms with Crippen molar-refractivity contribution in [3.63, 3.8) is 0 Å². The van der Waals surface area contributed by atoms with Gasteiger partial charge in [-0.3, -0.25) is 0 Å². The van der Waals surface area contributed by atoms with Crippen LogP contribution in [0.25, 0.3) is 10.2 Å². The first-order chi connectivity index (χ1) is 7.57. The lowest BCUT2D eigenvalue weighted by Crippen LogP contribution is -2.20. The molecule has 2 heterocycles. The van der Waals surface area contributed by atoms with E-state index in [2.05, 4.69) is 9.97 Å². The van der Waals surface area contributed by atoms with E-state index in [4.69, 9.17) is 11.6 Å². The summed E-state index contributed by atoms with van der Waals surface area (Å²) in [5.74, 6) is 0.0548. The van der Waals surface area contributed by atoms with Crippen molar-refractivity contribution in [2.45, 2.75) is 17.2 Å². The van der Waals surface area contributed by atoms with Gasteiger partial charge in [-0.1, -0.05) is 0 Å². The Labute approximate surface area is 102 Å². The summed E-state index contributed by atoms with van der Waals surface area (Å²) in [6, 6.07) is 1.77. The molecule has 86 valence electrons. The zero-order valence-electron chi connectivity index (χ0n) is 8.42. The van der Waals surface area contributed by atoms with Crippen LogP contribution in [0.1, 0.15) is 6.92 Å². The molecule has 7 heteroatoms. The number of aromatic nitrogens is 2. The maximum Gasteiger partial charge on any atom is 0.200 e. The van der Waals surface area contributed by atoms with Gasteiger partial charge in [0.2, 0.25) is 9.84 Å². The molecule has 0 bridgehead atoms. The molecule has 16 heavy (non-hydrogen) atoms. The molecule has 0 saturated carbocycles. The minimum absolute atomic E-state index is 0.0548. The van der Waals surface area contributed by atoms with Gasteiger partial charge >= 0.3 is 0 Å². The van der Waals surface area contributed by atoms with Crippen LogP contribution < -0.4 is 0 Å². The van der Waals surface area contributed by atoms with Gasteiger partial charge in [-0.15, -0.1) is 22.9 Å². The molecule has 0 N–H and O–H groups in total. The Kier molecular flexibility index (Phi) is 3.14. The average Bonchev–Trinajstić information content (AvgIpc) is 2.75. The van der Waals surface area contributed by atoms with Crippen LogP contribution in [0.15, 0.2) is 22.8 Å². The van der Waals surface area contributed by atoms with Crippen molar-refractivity contribution >= 4 is 43.0 Å². The topological polar surface area (TPSA) is 59.9 Å². The van der Waals surface area contributed by atoms with Gasteiger partial charge in [0.1, 0.15) is 6.33 Å². The molecule has 4 nitrogen and oxygen atoms in total. The fourth-order valence-corrected chi connectivity index (χ4v) is 4.06. The van der Waals surface area contributed by atoms with Crippen LogP contribution in [-0.2, 0) is 9.84 Å². The summed E-state index contributed by atoms with van der Waals surface area (Å²) in [6.07, 6.45) is 1.27. The number of hydrogen-bond donors (Lipinski definition) is 0. The average molecular weight is 277 g/mol. The third-order valence-electron chi connectivity index (χ3n) is 2.23. The molecule has 2 rings (SSSR count). The third kappa shape index (κ3) is 1.81. The predicted octanol–water partition coefficient (Wildman–Crippen LogP) is 2.09. The summed E-state index contributed by atoms with van der Waals surface area (Å²) >= 11 is 6.91. The summed E-state index contributed by atoms with van der Waals surface area (Å²) in [5.41, 5.74) is 0.653. The van der Waals surface area contributed by atoms with E-state index >= 15 is 0 Å². The van der Waals surface area contributed by atoms with Crippen LogP contribution in [0.3, 0.4) is 0 Å². The number of hydrogen-bond acceptors (Lipinski definition) is 5. The maximum atomic E-state index is 12.1. The summed E-state index contributed by atoms with van der Waals surface area (Å²) in [7, 11) is -3.46. The van der Waals surface area contributed by atoms with Crippen LogP contribution in [0.2, 0.25) is 0 Å². The normalized spacial score (nSPS) is 14.1. The Morgan fingerprint density at radius 2 is 2.25 bits per heavy atom. The molecule has 1 unspecified atom stereocenters. The lowest BCUT2D eigenvalue weighted by atomic mass is 10.5. The summed E-state index contributed by atoms with van der Waals surface area (Å²) < 4.78 is 24.8. The fraction of sp³-hybridized carbons (Fsp3) is 0.333. The Morgan fingerprint density at radius 3 is 2.94 bits per heavy atom. The highest BCUT2D eigenvalue weighted by molar-refractivity contribution is 7.92. The van der Waals surface area contributed by atoms with Crippen molar-refractivity contribution < 1.29 is 8.42 Å². The van der Waals surface area contributed by atoms with Gasteiger partial charge in [-0.25, -0.2) is 18.4 Å². The third-order valence-corrected chi connectivity index (χ3v) is 5.99. The van der Waals surface area contributed by atoms with Crippen molar-refractivity contribution in [3.05, 3.63) is 17.8 Å². The fourth-order valence-electron chi connectivity index (χ4n) is 1.24. The van der Waals surface area contributed by atoms with Crippen LogP contribution in [0, 0.1) is 0 Å². The number of nitrogens with zero attached hydrogens (tertiary/aromatic N) is 2. The Morgan fingerprint density at radius 1 is 1.50 bits per heavy atom. The maximum absolute atomic E-state index is 12.1. The molecule has 0 radical (unpaired) electrons. The summed E-state index contributed by atoms with van der Waals surface area (Å²) in [5, 5.41) is 1.24. The number of halogens is 1. The van der Waals surface area contributed by atoms with E-state index in [1.165, 1.54) is 17.7 Å². The number of sulfone groups is 1. The van der Waals surface area contributed by atoms with Crippen molar-refractivity contribution in [1.82, 2.24) is 9.97 Å². The number of fused-ring (bicyclic) bond motifs is 1. The van der Waals surface area contributed by atoms with Crippen molar-refractivity contribution in [2.24, 2.45) is 0 Å². The monoisotopic (exact) mass is 276 g/mol. The lowest BCUT2D eigenvalue weighted by Gasteiger charge is -2.08. The van der Waals surface area contributed by atoms with E-state index < -0.39 is 15.1 Å². The van der Waals surface area contributed by atoms with Crippen molar-refractivity contribution in [2.75, 3.05) is 5.88 Å². The second-order valence-corrected chi connectivity index (χ2v) is 6.83. The second-order valence-electron chi connectivity index (χ2n) is 3.32. The van der Waals surface area contributed by atoms with E-state index in [-0.39, 0.29) is 10.9 Å². The molecule has 0 aliphatic carbocycles. The van der Waals surface area contributed by atoms with E-state index in [9.17, 15) is 8.42 Å². The van der Waals surface area contributed by atoms with Gasteiger partial charge in [0, 0.05) is 5.88 Å². The highest BCUT2D eigenvalue weighted by Gasteiger charge is 2.26. The Balaban J connectivity index is 2.68. The molecule has 0 amide bonds. The Hall–Kier alpha value is -0.720. The molecular formula is C9H9ClN2O2S2. The standard InChI is InChI=1S/C9H9ClN2O2S2/c1-6(4-10)16(13,14)9-8-7(2-3-15-8)11-5-12-9/h2-3,5-6H,4H2,1H3. The van der Waals surface area contributed by atoms with Gasteiger partial charge < -0.3 is 0 Å². The molecule has 0 saturated heterocycles. The molecule has 0 spiro atoms. The first-order valence-electron chi connectivity index (χ1n) is 4.55. The van der Waals surface area contributed by atoms with Crippen molar-refractivity contribution in [1.29, 1.82) is 0 Å². The first-order valence-corrected chi connectivity index (χ1v) is 7.51. The number of rotatable bonds is 3. The molecule has 0 aliphatic rings. The molecule has 0 fully saturated rings. The van der Waals surface area contributed by atoms with E-state index in [1.807, 2.05) is 0 Å². The molecule has 0 aliphatic heterocycles. The first kappa shape index (κ1) is 11.8. The van der Waals surface area contributed by atoms with Gasteiger partial charge in [0.15, 0.2) is 5.03 Å². The zero-order chi connectivity index (χ0) is 11.8. The van der Waals surface area contributed by atoms with E-state index in [1.54, 1.807) is 18.4 Å². The van der Waals surface area contributed by atoms with Crippen LogP contribution >= 0.6 is 22.9 Å². The van der Waals surface area contributed by atoms with Crippen LogP contribution in [0.5, 0.6) is 0 Å². The lowest BCUT2D eigenvalue weighted by molar-refractivity contribution is 0.585. The van der Waals surface area contributed by atoms with E-state index in [0.29, 0.717) is 10.2 Å². The minimum Gasteiger partial charge on any atom is -0.235 e. The molecular weight excluding hydrogens is 268 g/mol. The van der Waals surface area contributed by atoms with Crippen LogP contribution in [0.4, 0.5) is 0 Å². The zero-order valence-corrected chi connectivity index (χ0v) is 10.8. The molecule has 2 aromatic rings. The smallest absolute Gasteiger partial charge is 0.200 e. The SMILES string of the molecule is CC(CCl)S(=O)(=O)c1ncnc2ccsc12. The van der Waals surface area contributed by atoms with Gasteiger partial charge in [-0.2, -0.15) is 0 Å². The predicted molar refractivity (Wildman–Crippen MR) is 64.8 cm³/mol. The van der Waals surface area contributed by atoms with Crippen molar-refractivity contribution in [3.8, 4) is 0 Å². The van der Waals surface area contributed by atoms with E-state index in [0.717, 1.165) is 0 Å². The quantitative estimate of drug-likeness (QED) is 0.636. The summed E-state index contributed by atoms with van der Waals surface area (Å²) in [6.45, 7) is 1.57.